The van der Waals surface area contributed by atoms with Gasteiger partial charge in [0.25, 0.3) is 0 Å². The summed E-state index contributed by atoms with van der Waals surface area (Å²) < 4.78 is 1.20. The van der Waals surface area contributed by atoms with Gasteiger partial charge in [-0.2, -0.15) is 0 Å². The molecule has 1 aromatic carbocycles. The molecule has 0 atom stereocenters. The molecule has 66 valence electrons. The van der Waals surface area contributed by atoms with Crippen LogP contribution in [0.1, 0.15) is 21.5 Å². The summed E-state index contributed by atoms with van der Waals surface area (Å²) in [6, 6.07) is 4.18. The predicted octanol–water partition coefficient (Wildman–Crippen LogP) is 3.33. The summed E-state index contributed by atoms with van der Waals surface area (Å²) in [4.78, 5) is 10.8. The number of hydrogen-bond donors (Lipinski definition) is 0. The summed E-state index contributed by atoms with van der Waals surface area (Å²) in [7, 11) is 0. The highest BCUT2D eigenvalue weighted by Gasteiger charge is 2.06. The maximum atomic E-state index is 10.8. The number of rotatable bonds is 1. The van der Waals surface area contributed by atoms with Crippen LogP contribution in [0.25, 0.3) is 10.1 Å². The van der Waals surface area contributed by atoms with Crippen molar-refractivity contribution in [3.63, 3.8) is 0 Å². The van der Waals surface area contributed by atoms with Gasteiger partial charge in [-0.05, 0) is 31.0 Å². The van der Waals surface area contributed by atoms with E-state index in [0.29, 0.717) is 0 Å². The number of carbonyl (C=O) groups is 1. The van der Waals surface area contributed by atoms with Crippen molar-refractivity contribution in [1.29, 1.82) is 0 Å². The Kier molecular flexibility index (Phi) is 1.93. The van der Waals surface area contributed by atoms with Gasteiger partial charge in [0.15, 0.2) is 6.29 Å². The number of thiophene rings is 1. The second kappa shape index (κ2) is 2.96. The minimum absolute atomic E-state index is 0.821. The van der Waals surface area contributed by atoms with E-state index in [1.165, 1.54) is 15.8 Å². The Morgan fingerprint density at radius 1 is 1.31 bits per heavy atom. The SMILES string of the molecule is Cc1ccc2scc(C=O)c2c1C. The molecule has 0 N–H and O–H groups in total. The number of hydrogen-bond acceptors (Lipinski definition) is 2. The molecule has 0 spiro atoms. The Bertz CT molecular complexity index is 468. The van der Waals surface area contributed by atoms with Crippen molar-refractivity contribution in [3.8, 4) is 0 Å². The smallest absolute Gasteiger partial charge is 0.151 e. The van der Waals surface area contributed by atoms with Crippen molar-refractivity contribution in [1.82, 2.24) is 0 Å². The second-order valence-electron chi connectivity index (χ2n) is 3.19. The van der Waals surface area contributed by atoms with Crippen LogP contribution in [0.15, 0.2) is 17.5 Å². The molecule has 0 fully saturated rings. The molecule has 0 bridgehead atoms. The van der Waals surface area contributed by atoms with Crippen molar-refractivity contribution in [3.05, 3.63) is 34.2 Å². The molecule has 0 saturated carbocycles. The van der Waals surface area contributed by atoms with Crippen LogP contribution in [-0.2, 0) is 0 Å². The van der Waals surface area contributed by atoms with Gasteiger partial charge in [-0.3, -0.25) is 4.79 Å². The quantitative estimate of drug-likeness (QED) is 0.630. The van der Waals surface area contributed by atoms with Crippen molar-refractivity contribution in [2.75, 3.05) is 0 Å². The van der Waals surface area contributed by atoms with Gasteiger partial charge in [0.1, 0.15) is 0 Å². The lowest BCUT2D eigenvalue weighted by molar-refractivity contribution is 0.112. The van der Waals surface area contributed by atoms with Crippen molar-refractivity contribution >= 4 is 27.7 Å². The minimum atomic E-state index is 0.821. The summed E-state index contributed by atoms with van der Waals surface area (Å²) in [6.07, 6.45) is 0.936. The van der Waals surface area contributed by atoms with Crippen LogP contribution in [0, 0.1) is 13.8 Å². The second-order valence-corrected chi connectivity index (χ2v) is 4.10. The molecule has 1 aromatic heterocycles. The molecule has 2 aromatic rings. The van der Waals surface area contributed by atoms with E-state index in [4.69, 9.17) is 0 Å². The zero-order valence-electron chi connectivity index (χ0n) is 7.63. The highest BCUT2D eigenvalue weighted by molar-refractivity contribution is 7.17. The Morgan fingerprint density at radius 3 is 2.77 bits per heavy atom. The Balaban J connectivity index is 2.93. The first-order valence-corrected chi connectivity index (χ1v) is 5.04. The fourth-order valence-electron chi connectivity index (χ4n) is 1.52. The van der Waals surface area contributed by atoms with Crippen molar-refractivity contribution in [2.45, 2.75) is 13.8 Å². The Morgan fingerprint density at radius 2 is 2.08 bits per heavy atom. The molecule has 0 aliphatic heterocycles. The van der Waals surface area contributed by atoms with E-state index in [-0.39, 0.29) is 0 Å². The average Bonchev–Trinajstić information content (AvgIpc) is 2.55. The van der Waals surface area contributed by atoms with E-state index in [9.17, 15) is 4.79 Å². The zero-order valence-corrected chi connectivity index (χ0v) is 8.44. The summed E-state index contributed by atoms with van der Waals surface area (Å²) in [5, 5.41) is 3.05. The van der Waals surface area contributed by atoms with Gasteiger partial charge >= 0.3 is 0 Å². The highest BCUT2D eigenvalue weighted by Crippen LogP contribution is 2.29. The summed E-state index contributed by atoms with van der Waals surface area (Å²) in [5.41, 5.74) is 3.29. The largest absolute Gasteiger partial charge is 0.298 e. The van der Waals surface area contributed by atoms with E-state index < -0.39 is 0 Å². The standard InChI is InChI=1S/C11H10OS/c1-7-3-4-10-11(8(7)2)9(5-12)6-13-10/h3-6H,1-2H3. The zero-order chi connectivity index (χ0) is 9.42. The first-order chi connectivity index (χ1) is 6.24. The maximum absolute atomic E-state index is 10.8. The minimum Gasteiger partial charge on any atom is -0.298 e. The van der Waals surface area contributed by atoms with E-state index in [1.807, 2.05) is 5.38 Å². The van der Waals surface area contributed by atoms with Crippen molar-refractivity contribution in [2.24, 2.45) is 0 Å². The van der Waals surface area contributed by atoms with Gasteiger partial charge in [0, 0.05) is 21.0 Å². The number of carbonyl (C=O) groups excluding carboxylic acids is 1. The predicted molar refractivity (Wildman–Crippen MR) is 56.7 cm³/mol. The molecule has 0 amide bonds. The van der Waals surface area contributed by atoms with Gasteiger partial charge in [0.2, 0.25) is 0 Å². The van der Waals surface area contributed by atoms with Gasteiger partial charge in [-0.15, -0.1) is 11.3 Å². The van der Waals surface area contributed by atoms with Crippen LogP contribution in [0.2, 0.25) is 0 Å². The van der Waals surface area contributed by atoms with Crippen LogP contribution < -0.4 is 0 Å². The number of benzene rings is 1. The first-order valence-electron chi connectivity index (χ1n) is 4.16. The van der Waals surface area contributed by atoms with Crippen LogP contribution >= 0.6 is 11.3 Å². The molecule has 1 heterocycles. The molecule has 0 aliphatic carbocycles. The molecule has 2 rings (SSSR count). The monoisotopic (exact) mass is 190 g/mol. The molecule has 13 heavy (non-hydrogen) atoms. The van der Waals surface area contributed by atoms with Gasteiger partial charge < -0.3 is 0 Å². The van der Waals surface area contributed by atoms with Gasteiger partial charge in [-0.25, -0.2) is 0 Å². The first kappa shape index (κ1) is 8.45. The third-order valence-electron chi connectivity index (χ3n) is 2.43. The summed E-state index contributed by atoms with van der Waals surface area (Å²) >= 11 is 1.63. The third-order valence-corrected chi connectivity index (χ3v) is 3.39. The van der Waals surface area contributed by atoms with Gasteiger partial charge in [0.05, 0.1) is 0 Å². The Hall–Kier alpha value is -1.15. The lowest BCUT2D eigenvalue weighted by atomic mass is 10.0. The highest BCUT2D eigenvalue weighted by atomic mass is 32.1. The molecular formula is C11H10OS. The normalized spacial score (nSPS) is 10.6. The fraction of sp³-hybridized carbons (Fsp3) is 0.182. The number of aryl methyl sites for hydroxylation is 2. The molecule has 0 radical (unpaired) electrons. The summed E-state index contributed by atoms with van der Waals surface area (Å²) in [6.45, 7) is 4.14. The van der Waals surface area contributed by atoms with Crippen LogP contribution in [0.5, 0.6) is 0 Å². The molecule has 0 saturated heterocycles. The average molecular weight is 190 g/mol. The molecule has 2 heteroatoms. The Labute approximate surface area is 81.0 Å². The topological polar surface area (TPSA) is 17.1 Å². The lowest BCUT2D eigenvalue weighted by Crippen LogP contribution is -1.83. The van der Waals surface area contributed by atoms with Crippen LogP contribution in [-0.4, -0.2) is 6.29 Å². The number of fused-ring (bicyclic) bond motifs is 1. The van der Waals surface area contributed by atoms with E-state index >= 15 is 0 Å². The van der Waals surface area contributed by atoms with E-state index in [1.54, 1.807) is 11.3 Å². The lowest BCUT2D eigenvalue weighted by Gasteiger charge is -2.01. The molecule has 0 aliphatic rings. The van der Waals surface area contributed by atoms with Crippen LogP contribution in [0.3, 0.4) is 0 Å². The van der Waals surface area contributed by atoms with E-state index in [0.717, 1.165) is 17.2 Å². The summed E-state index contributed by atoms with van der Waals surface area (Å²) in [5.74, 6) is 0. The third kappa shape index (κ3) is 1.18. The fourth-order valence-corrected chi connectivity index (χ4v) is 2.48. The molecule has 0 unspecified atom stereocenters. The van der Waals surface area contributed by atoms with Crippen LogP contribution in [0.4, 0.5) is 0 Å². The number of aldehydes is 1. The van der Waals surface area contributed by atoms with Gasteiger partial charge in [-0.1, -0.05) is 6.07 Å². The van der Waals surface area contributed by atoms with E-state index in [2.05, 4.69) is 26.0 Å². The molecule has 1 nitrogen and oxygen atoms in total. The maximum Gasteiger partial charge on any atom is 0.151 e. The molecular weight excluding hydrogens is 180 g/mol. The van der Waals surface area contributed by atoms with Crippen molar-refractivity contribution < 1.29 is 4.79 Å².